The van der Waals surface area contributed by atoms with Gasteiger partial charge >= 0.3 is 6.09 Å². The second-order valence-electron chi connectivity index (χ2n) is 10.3. The average molecular weight is 594 g/mol. The summed E-state index contributed by atoms with van der Waals surface area (Å²) in [6.45, 7) is 10.0. The van der Waals surface area contributed by atoms with Crippen molar-refractivity contribution in [1.82, 2.24) is 10.2 Å². The van der Waals surface area contributed by atoms with E-state index in [-0.39, 0.29) is 18.3 Å². The zero-order valence-corrected chi connectivity index (χ0v) is 24.7. The fraction of sp³-hybridized carbons (Fsp3) is 0.552. The highest BCUT2D eigenvalue weighted by atomic mass is 79.9. The van der Waals surface area contributed by atoms with Crippen LogP contribution in [0.4, 0.5) is 4.79 Å². The third-order valence-electron chi connectivity index (χ3n) is 6.10. The third-order valence-corrected chi connectivity index (χ3v) is 6.72. The zero-order valence-electron chi connectivity index (χ0n) is 23.1. The van der Waals surface area contributed by atoms with Crippen molar-refractivity contribution in [2.45, 2.75) is 51.4 Å². The molecule has 0 saturated carbocycles. The van der Waals surface area contributed by atoms with Crippen molar-refractivity contribution in [3.63, 3.8) is 0 Å². The minimum Gasteiger partial charge on any atom is -0.497 e. The molecular weight excluding hydrogens is 552 g/mol. The summed E-state index contributed by atoms with van der Waals surface area (Å²) in [6.07, 6.45) is 1.72. The first-order valence-corrected chi connectivity index (χ1v) is 13.8. The lowest BCUT2D eigenvalue weighted by Crippen LogP contribution is -2.48. The van der Waals surface area contributed by atoms with Crippen molar-refractivity contribution in [2.24, 2.45) is 0 Å². The lowest BCUT2D eigenvalue weighted by atomic mass is 10.1. The van der Waals surface area contributed by atoms with Crippen molar-refractivity contribution in [2.75, 3.05) is 53.6 Å². The van der Waals surface area contributed by atoms with Crippen LogP contribution in [0.15, 0.2) is 46.9 Å². The van der Waals surface area contributed by atoms with E-state index in [1.165, 1.54) is 5.56 Å². The predicted molar refractivity (Wildman–Crippen MR) is 151 cm³/mol. The standard InChI is InChI=1S/C17H25NO4.C12H16BrNO2/c1-17(2,3)22-16(19)18-9-10-21-15(12-18)11-13-5-7-14(20-4)8-6-13;1-15-12-3-2-9(7-11(12)13)6-10-8-14-4-5-16-10/h5-8,15H,9-12H2,1-4H3;2-3,7,10,14H,4-6,8H2,1H3. The second kappa shape index (κ2) is 14.7. The molecule has 9 heteroatoms. The first-order chi connectivity index (χ1) is 18.2. The Bertz CT molecular complexity index is 1010. The Morgan fingerprint density at radius 3 is 2.29 bits per heavy atom. The largest absolute Gasteiger partial charge is 0.497 e. The minimum absolute atomic E-state index is 0.00494. The summed E-state index contributed by atoms with van der Waals surface area (Å²) >= 11 is 3.49. The molecular formula is C29H41BrN2O6. The highest BCUT2D eigenvalue weighted by molar-refractivity contribution is 9.10. The quantitative estimate of drug-likeness (QED) is 0.513. The van der Waals surface area contributed by atoms with Gasteiger partial charge in [-0.05, 0) is 78.5 Å². The highest BCUT2D eigenvalue weighted by Gasteiger charge is 2.28. The summed E-state index contributed by atoms with van der Waals surface area (Å²) in [5.74, 6) is 1.70. The highest BCUT2D eigenvalue weighted by Crippen LogP contribution is 2.26. The maximum Gasteiger partial charge on any atom is 0.410 e. The van der Waals surface area contributed by atoms with Crippen LogP contribution in [0.5, 0.6) is 11.5 Å². The Labute approximate surface area is 235 Å². The third kappa shape index (κ3) is 10.1. The van der Waals surface area contributed by atoms with Crippen molar-refractivity contribution in [1.29, 1.82) is 0 Å². The number of morpholine rings is 2. The fourth-order valence-electron chi connectivity index (χ4n) is 4.21. The van der Waals surface area contributed by atoms with Gasteiger partial charge in [0.1, 0.15) is 17.1 Å². The van der Waals surface area contributed by atoms with Gasteiger partial charge in [0.15, 0.2) is 0 Å². The zero-order chi connectivity index (χ0) is 27.5. The van der Waals surface area contributed by atoms with Gasteiger partial charge in [-0.1, -0.05) is 18.2 Å². The number of carbonyl (C=O) groups excluding carboxylic acids is 1. The van der Waals surface area contributed by atoms with E-state index in [0.717, 1.165) is 54.1 Å². The van der Waals surface area contributed by atoms with Gasteiger partial charge in [0.2, 0.25) is 0 Å². The Morgan fingerprint density at radius 2 is 1.68 bits per heavy atom. The molecule has 2 atom stereocenters. The van der Waals surface area contributed by atoms with E-state index in [1.54, 1.807) is 19.1 Å². The van der Waals surface area contributed by atoms with E-state index in [9.17, 15) is 4.79 Å². The molecule has 0 radical (unpaired) electrons. The molecule has 0 spiro atoms. The van der Waals surface area contributed by atoms with E-state index >= 15 is 0 Å². The van der Waals surface area contributed by atoms with Crippen LogP contribution >= 0.6 is 15.9 Å². The summed E-state index contributed by atoms with van der Waals surface area (Å²) in [6, 6.07) is 14.1. The Hall–Kier alpha value is -2.33. The Morgan fingerprint density at radius 1 is 1.00 bits per heavy atom. The minimum atomic E-state index is -0.471. The van der Waals surface area contributed by atoms with Crippen molar-refractivity contribution < 1.29 is 28.5 Å². The second-order valence-corrected chi connectivity index (χ2v) is 11.2. The van der Waals surface area contributed by atoms with E-state index in [4.69, 9.17) is 23.7 Å². The van der Waals surface area contributed by atoms with Gasteiger partial charge in [-0.15, -0.1) is 0 Å². The van der Waals surface area contributed by atoms with E-state index < -0.39 is 5.60 Å². The average Bonchev–Trinajstić information content (AvgIpc) is 2.89. The van der Waals surface area contributed by atoms with Gasteiger partial charge in [0.05, 0.1) is 50.7 Å². The Balaban J connectivity index is 0.000000221. The van der Waals surface area contributed by atoms with Gasteiger partial charge < -0.3 is 33.9 Å². The molecule has 2 aliphatic rings. The van der Waals surface area contributed by atoms with Crippen molar-refractivity contribution >= 4 is 22.0 Å². The van der Waals surface area contributed by atoms with Crippen LogP contribution in [0.3, 0.4) is 0 Å². The number of methoxy groups -OCH3 is 2. The van der Waals surface area contributed by atoms with E-state index in [1.807, 2.05) is 51.1 Å². The maximum atomic E-state index is 12.1. The van der Waals surface area contributed by atoms with Crippen molar-refractivity contribution in [3.8, 4) is 11.5 Å². The van der Waals surface area contributed by atoms with Crippen LogP contribution in [0.1, 0.15) is 31.9 Å². The number of benzene rings is 2. The van der Waals surface area contributed by atoms with Crippen LogP contribution in [0.25, 0.3) is 0 Å². The number of hydrogen-bond acceptors (Lipinski definition) is 7. The molecule has 2 heterocycles. The molecule has 4 rings (SSSR count). The molecule has 2 aliphatic heterocycles. The normalized spacial score (nSPS) is 19.7. The Kier molecular flexibility index (Phi) is 11.7. The summed E-state index contributed by atoms with van der Waals surface area (Å²) < 4.78 is 28.2. The molecule has 0 bridgehead atoms. The lowest BCUT2D eigenvalue weighted by molar-refractivity contribution is -0.0415. The molecule has 0 aliphatic carbocycles. The molecule has 1 N–H and O–H groups in total. The summed E-state index contributed by atoms with van der Waals surface area (Å²) in [5.41, 5.74) is 1.96. The van der Waals surface area contributed by atoms with Gasteiger partial charge in [-0.2, -0.15) is 0 Å². The molecule has 1 amide bonds. The SMILES string of the molecule is COc1ccc(CC2CN(C(=O)OC(C)(C)C)CCO2)cc1.COc1ccc(CC2CNCCO2)cc1Br. The monoisotopic (exact) mass is 592 g/mol. The number of nitrogens with one attached hydrogen (secondary N) is 1. The molecule has 8 nitrogen and oxygen atoms in total. The molecule has 2 unspecified atom stereocenters. The van der Waals surface area contributed by atoms with E-state index in [0.29, 0.717) is 19.7 Å². The molecule has 210 valence electrons. The molecule has 2 aromatic rings. The van der Waals surface area contributed by atoms with Gasteiger partial charge in [-0.3, -0.25) is 0 Å². The lowest BCUT2D eigenvalue weighted by Gasteiger charge is -2.34. The van der Waals surface area contributed by atoms with Gasteiger partial charge in [-0.25, -0.2) is 4.79 Å². The summed E-state index contributed by atoms with van der Waals surface area (Å²) in [4.78, 5) is 13.9. The van der Waals surface area contributed by atoms with Crippen molar-refractivity contribution in [3.05, 3.63) is 58.1 Å². The molecule has 38 heavy (non-hydrogen) atoms. The first-order valence-electron chi connectivity index (χ1n) is 13.0. The number of halogens is 1. The number of nitrogens with zero attached hydrogens (tertiary/aromatic N) is 1. The summed E-state index contributed by atoms with van der Waals surface area (Å²) in [7, 11) is 3.33. The van der Waals surface area contributed by atoms with Crippen LogP contribution in [0.2, 0.25) is 0 Å². The van der Waals surface area contributed by atoms with Crippen LogP contribution in [-0.4, -0.2) is 82.4 Å². The maximum absolute atomic E-state index is 12.1. The number of rotatable bonds is 6. The smallest absolute Gasteiger partial charge is 0.410 e. The predicted octanol–water partition coefficient (Wildman–Crippen LogP) is 4.86. The summed E-state index contributed by atoms with van der Waals surface area (Å²) in [5, 5.41) is 3.33. The first kappa shape index (κ1) is 30.2. The van der Waals surface area contributed by atoms with Crippen LogP contribution in [-0.2, 0) is 27.1 Å². The number of hydrogen-bond donors (Lipinski definition) is 1. The number of carbonyl (C=O) groups is 1. The van der Waals surface area contributed by atoms with Crippen LogP contribution in [0, 0.1) is 0 Å². The van der Waals surface area contributed by atoms with Gasteiger partial charge in [0, 0.05) is 26.1 Å². The number of amides is 1. The molecule has 2 aromatic carbocycles. The topological polar surface area (TPSA) is 78.5 Å². The van der Waals surface area contributed by atoms with E-state index in [2.05, 4.69) is 33.4 Å². The molecule has 0 aromatic heterocycles. The molecule has 2 saturated heterocycles. The fourth-order valence-corrected chi connectivity index (χ4v) is 4.80. The van der Waals surface area contributed by atoms with Gasteiger partial charge in [0.25, 0.3) is 0 Å². The molecule has 2 fully saturated rings. The number of ether oxygens (including phenoxy) is 5. The van der Waals surface area contributed by atoms with Crippen LogP contribution < -0.4 is 14.8 Å².